The summed E-state index contributed by atoms with van der Waals surface area (Å²) in [5.74, 6) is 0. The number of aryl methyl sites for hydroxylation is 4. The quantitative estimate of drug-likeness (QED) is 0.152. The first-order valence-electron chi connectivity index (χ1n) is 14.2. The van der Waals surface area contributed by atoms with Gasteiger partial charge in [0.2, 0.25) is 11.4 Å². The van der Waals surface area contributed by atoms with Gasteiger partial charge in [0.25, 0.3) is 0 Å². The Balaban J connectivity index is 0.000000458. The van der Waals surface area contributed by atoms with Crippen molar-refractivity contribution in [2.45, 2.75) is 118 Å². The first-order valence-corrected chi connectivity index (χ1v) is 15.6. The van der Waals surface area contributed by atoms with Gasteiger partial charge in [-0.3, -0.25) is 0 Å². The summed E-state index contributed by atoms with van der Waals surface area (Å²) in [5, 5.41) is 2.78. The van der Waals surface area contributed by atoms with E-state index < -0.39 is 0 Å². The first kappa shape index (κ1) is 31.2. The van der Waals surface area contributed by atoms with Crippen LogP contribution in [-0.4, -0.2) is 4.70 Å². The number of benzene rings is 2. The van der Waals surface area contributed by atoms with Crippen molar-refractivity contribution in [2.75, 3.05) is 0 Å². The molecule has 206 valence electrons. The van der Waals surface area contributed by atoms with E-state index in [-0.39, 0.29) is 0 Å². The van der Waals surface area contributed by atoms with Gasteiger partial charge in [0, 0.05) is 22.8 Å². The van der Waals surface area contributed by atoms with Gasteiger partial charge < -0.3 is 5.53 Å². The van der Waals surface area contributed by atoms with E-state index in [2.05, 4.69) is 92.7 Å². The average Bonchev–Trinajstić information content (AvgIpc) is 3.20. The van der Waals surface area contributed by atoms with Crippen LogP contribution in [0.4, 0.5) is 0 Å². The predicted molar refractivity (Wildman–Crippen MR) is 159 cm³/mol. The van der Waals surface area contributed by atoms with Crippen LogP contribution in [0.5, 0.6) is 0 Å². The Labute approximate surface area is 234 Å². The van der Waals surface area contributed by atoms with Crippen LogP contribution in [-0.2, 0) is 14.4 Å². The van der Waals surface area contributed by atoms with Gasteiger partial charge in [-0.2, -0.15) is 0 Å². The van der Waals surface area contributed by atoms with Crippen LogP contribution in [0, 0.1) is 41.5 Å². The summed E-state index contributed by atoms with van der Waals surface area (Å²) in [6, 6.07) is 8.78. The van der Waals surface area contributed by atoms with Crippen LogP contribution in [0.25, 0.3) is 16.9 Å². The monoisotopic (exact) mass is 544 g/mol. The molecule has 0 saturated carbocycles. The zero-order valence-electron chi connectivity index (χ0n) is 25.0. The molecule has 0 saturated heterocycles. The third kappa shape index (κ3) is 8.51. The molecule has 0 bridgehead atoms. The SMILES string of the molecule is CCCCC1=C(c2cc(C)c(C)c(C)c2)[N+](=[N-])C(c2cc(C)c(C)c(C)c2)=C1.CCC[CH2][Ni][CH2]CCC. The molecule has 3 rings (SSSR count). The van der Waals surface area contributed by atoms with Crippen LogP contribution in [0.3, 0.4) is 0 Å². The van der Waals surface area contributed by atoms with Gasteiger partial charge in [-0.05, 0) is 112 Å². The Kier molecular flexibility index (Phi) is 13.0. The minimum absolute atomic E-state index is 0.878. The Morgan fingerprint density at radius 1 is 0.649 bits per heavy atom. The predicted octanol–water partition coefficient (Wildman–Crippen LogP) is 11.0. The molecule has 0 fully saturated rings. The van der Waals surface area contributed by atoms with Gasteiger partial charge in [-0.15, -0.1) is 0 Å². The van der Waals surface area contributed by atoms with E-state index in [0.29, 0.717) is 0 Å². The maximum atomic E-state index is 11.2. The van der Waals surface area contributed by atoms with E-state index in [4.69, 9.17) is 0 Å². The molecule has 0 atom stereocenters. The summed E-state index contributed by atoms with van der Waals surface area (Å²) in [7, 11) is 0. The van der Waals surface area contributed by atoms with Gasteiger partial charge in [0.05, 0.1) is 0 Å². The van der Waals surface area contributed by atoms with Gasteiger partial charge in [-0.1, -0.05) is 13.3 Å². The molecule has 1 heterocycles. The molecule has 2 aromatic carbocycles. The van der Waals surface area contributed by atoms with Crippen LogP contribution < -0.4 is 0 Å². The van der Waals surface area contributed by atoms with E-state index in [0.717, 1.165) is 41.8 Å². The number of unbranched alkanes of at least 4 members (excludes halogenated alkanes) is 3. The van der Waals surface area contributed by atoms with Crippen molar-refractivity contribution in [3.63, 3.8) is 0 Å². The molecular weight excluding hydrogens is 495 g/mol. The molecule has 0 radical (unpaired) electrons. The summed E-state index contributed by atoms with van der Waals surface area (Å²) in [6.45, 7) is 19.6. The second-order valence-electron chi connectivity index (χ2n) is 10.5. The Morgan fingerprint density at radius 3 is 1.51 bits per heavy atom. The van der Waals surface area contributed by atoms with Gasteiger partial charge >= 0.3 is 64.8 Å². The third-order valence-corrected chi connectivity index (χ3v) is 8.83. The van der Waals surface area contributed by atoms with E-state index >= 15 is 0 Å². The van der Waals surface area contributed by atoms with E-state index in [1.165, 1.54) is 80.1 Å². The van der Waals surface area contributed by atoms with Crippen molar-refractivity contribution in [2.24, 2.45) is 0 Å². The summed E-state index contributed by atoms with van der Waals surface area (Å²) in [4.78, 5) is 0. The Morgan fingerprint density at radius 2 is 1.08 bits per heavy atom. The molecule has 0 aliphatic carbocycles. The van der Waals surface area contributed by atoms with Crippen molar-refractivity contribution in [1.82, 2.24) is 0 Å². The third-order valence-electron chi connectivity index (χ3n) is 7.43. The molecule has 37 heavy (non-hydrogen) atoms. The van der Waals surface area contributed by atoms with E-state index in [1.54, 1.807) is 0 Å². The zero-order chi connectivity index (χ0) is 27.5. The van der Waals surface area contributed by atoms with E-state index in [1.807, 2.05) is 14.4 Å². The molecule has 0 spiro atoms. The fourth-order valence-electron chi connectivity index (χ4n) is 4.44. The van der Waals surface area contributed by atoms with E-state index in [9.17, 15) is 5.53 Å². The topological polar surface area (TPSA) is 25.3 Å². The second kappa shape index (κ2) is 15.4. The Bertz CT molecular complexity index is 1080. The van der Waals surface area contributed by atoms with Gasteiger partial charge in [0.15, 0.2) is 0 Å². The molecule has 0 N–H and O–H groups in total. The van der Waals surface area contributed by atoms with Crippen LogP contribution in [0.15, 0.2) is 35.9 Å². The average molecular weight is 545 g/mol. The summed E-state index contributed by atoms with van der Waals surface area (Å²) >= 11 is 1.94. The van der Waals surface area contributed by atoms with Crippen LogP contribution >= 0.6 is 0 Å². The molecule has 2 aromatic rings. The normalized spacial score (nSPS) is 13.2. The molecule has 0 unspecified atom stereocenters. The fourth-order valence-corrected chi connectivity index (χ4v) is 5.88. The Hall–Kier alpha value is -1.99. The molecule has 0 aromatic heterocycles. The van der Waals surface area contributed by atoms with Crippen LogP contribution in [0.2, 0.25) is 10.8 Å². The summed E-state index contributed by atoms with van der Waals surface area (Å²) in [5.41, 5.74) is 24.1. The molecule has 1 aliphatic rings. The number of allylic oxidation sites excluding steroid dienone is 2. The molecular formula is C34H50N2Ni. The number of rotatable bonds is 11. The number of hydrogen-bond acceptors (Lipinski definition) is 0. The number of nitrogens with zero attached hydrogens (tertiary/aromatic N) is 2. The van der Waals surface area contributed by atoms with Crippen LogP contribution in [0.1, 0.15) is 110 Å². The van der Waals surface area contributed by atoms with Crippen molar-refractivity contribution >= 4 is 11.4 Å². The molecule has 0 amide bonds. The maximum absolute atomic E-state index is 11.2. The van der Waals surface area contributed by atoms with Crippen molar-refractivity contribution in [3.05, 3.63) is 86.0 Å². The number of hydrogen-bond donors (Lipinski definition) is 0. The fraction of sp³-hybridized carbons (Fsp3) is 0.529. The molecule has 3 heteroatoms. The summed E-state index contributed by atoms with van der Waals surface area (Å²) < 4.78 is 1.41. The standard InChI is InChI=1S/C26H32N2.2C4H9.Ni/c1-8-9-10-22-15-25(23-11-16(2)20(6)17(3)12-23)28(27)26(22)24-13-18(4)21(7)19(5)14-24;2*1-3-4-2;/h11-15H,8-10H2,1-7H3;2*1,3-4H2,2H3;. The van der Waals surface area contributed by atoms with Gasteiger partial charge in [0.1, 0.15) is 0 Å². The van der Waals surface area contributed by atoms with Crippen molar-refractivity contribution in [1.29, 1.82) is 0 Å². The van der Waals surface area contributed by atoms with Crippen molar-refractivity contribution in [3.8, 4) is 0 Å². The summed E-state index contributed by atoms with van der Waals surface area (Å²) in [6.07, 6.45) is 10.9. The van der Waals surface area contributed by atoms with Gasteiger partial charge in [-0.25, -0.2) is 4.70 Å². The molecule has 2 nitrogen and oxygen atoms in total. The zero-order valence-corrected chi connectivity index (χ0v) is 25.9. The van der Waals surface area contributed by atoms with Crippen molar-refractivity contribution < 1.29 is 19.1 Å². The first-order chi connectivity index (χ1) is 17.7. The second-order valence-corrected chi connectivity index (χ2v) is 12.0. The minimum atomic E-state index is 0.878. The molecule has 1 aliphatic heterocycles.